The van der Waals surface area contributed by atoms with Crippen LogP contribution in [0.1, 0.15) is 12.8 Å². The molecule has 0 aromatic rings. The molecular formula is C15H19F8IO5. The first-order valence-corrected chi connectivity index (χ1v) is 9.01. The molecule has 1 N–H and O–H groups in total. The van der Waals surface area contributed by atoms with Crippen molar-refractivity contribution in [2.24, 2.45) is 0 Å². The summed E-state index contributed by atoms with van der Waals surface area (Å²) < 4.78 is 114. The zero-order valence-corrected chi connectivity index (χ0v) is 17.0. The third-order valence-electron chi connectivity index (χ3n) is 3.25. The summed E-state index contributed by atoms with van der Waals surface area (Å²) in [5.74, 6) is -19.2. The fraction of sp³-hybridized carbons (Fsp3) is 0.800. The molecule has 0 radical (unpaired) electrons. The van der Waals surface area contributed by atoms with Gasteiger partial charge in [0.2, 0.25) is 0 Å². The highest BCUT2D eigenvalue weighted by Crippen LogP contribution is 2.55. The van der Waals surface area contributed by atoms with Crippen molar-refractivity contribution in [1.82, 2.24) is 0 Å². The van der Waals surface area contributed by atoms with Crippen LogP contribution in [-0.2, 0) is 19.0 Å². The van der Waals surface area contributed by atoms with Gasteiger partial charge in [0.15, 0.2) is 0 Å². The van der Waals surface area contributed by atoms with Gasteiger partial charge < -0.3 is 19.3 Å². The molecule has 0 heterocycles. The van der Waals surface area contributed by atoms with Crippen LogP contribution in [0.15, 0.2) is 12.2 Å². The summed E-state index contributed by atoms with van der Waals surface area (Å²) in [6.07, 6.45) is -2.93. The van der Waals surface area contributed by atoms with E-state index in [1.165, 1.54) is 0 Å². The molecule has 0 aliphatic heterocycles. The normalized spacial score (nSPS) is 13.4. The molecule has 0 bridgehead atoms. The molecule has 0 saturated heterocycles. The third kappa shape index (κ3) is 8.13. The van der Waals surface area contributed by atoms with Crippen LogP contribution < -0.4 is 0 Å². The molecule has 0 aromatic heterocycles. The fourth-order valence-electron chi connectivity index (χ4n) is 1.66. The summed E-state index contributed by atoms with van der Waals surface area (Å²) >= 11 is -0.341. The first kappa shape index (κ1) is 28.3. The number of carbonyl (C=O) groups is 1. The molecule has 14 heteroatoms. The van der Waals surface area contributed by atoms with Crippen LogP contribution in [0.25, 0.3) is 0 Å². The smallest absolute Gasteiger partial charge is 0.387 e. The number of ether oxygens (including phenoxy) is 3. The maximum Gasteiger partial charge on any atom is 0.387 e. The van der Waals surface area contributed by atoms with Crippen molar-refractivity contribution in [3.05, 3.63) is 12.2 Å². The van der Waals surface area contributed by atoms with Crippen LogP contribution in [0.3, 0.4) is 0 Å². The van der Waals surface area contributed by atoms with E-state index >= 15 is 0 Å². The first-order chi connectivity index (χ1) is 13.1. The number of carbonyl (C=O) groups excluding carboxylic acids is 1. The SMILES string of the molecule is C=C(COCCOCCO)C(=O)OCCCC(F)(F)C(F)(F)C(F)(F)C(F)(F)I. The van der Waals surface area contributed by atoms with E-state index in [1.807, 2.05) is 0 Å². The van der Waals surface area contributed by atoms with Gasteiger partial charge >= 0.3 is 27.7 Å². The lowest BCUT2D eigenvalue weighted by Gasteiger charge is -2.34. The molecule has 0 rings (SSSR count). The Kier molecular flexibility index (Phi) is 11.3. The van der Waals surface area contributed by atoms with Crippen molar-refractivity contribution in [2.45, 2.75) is 34.5 Å². The standard InChI is InChI=1S/C15H19F8IO5/c1-10(9-28-8-7-27-6-4-25)11(26)29-5-2-3-12(16,17)13(18,19)14(20,21)15(22,23)24/h25H,1-9H2. The molecule has 0 aliphatic rings. The van der Waals surface area contributed by atoms with Crippen molar-refractivity contribution < 1.29 is 59.2 Å². The molecule has 29 heavy (non-hydrogen) atoms. The lowest BCUT2D eigenvalue weighted by molar-refractivity contribution is -0.343. The Morgan fingerprint density at radius 1 is 0.897 bits per heavy atom. The number of rotatable bonds is 15. The molecule has 0 fully saturated rings. The van der Waals surface area contributed by atoms with Crippen LogP contribution >= 0.6 is 22.6 Å². The Hall–Kier alpha value is -0.740. The largest absolute Gasteiger partial charge is 0.462 e. The molecule has 0 spiro atoms. The van der Waals surface area contributed by atoms with Crippen molar-refractivity contribution in [2.75, 3.05) is 39.6 Å². The summed E-state index contributed by atoms with van der Waals surface area (Å²) in [5, 5.41) is 8.46. The minimum absolute atomic E-state index is 0.0310. The highest BCUT2D eigenvalue weighted by molar-refractivity contribution is 14.1. The van der Waals surface area contributed by atoms with Gasteiger partial charge in [0.25, 0.3) is 0 Å². The molecule has 0 atom stereocenters. The second kappa shape index (κ2) is 11.6. The van der Waals surface area contributed by atoms with E-state index in [4.69, 9.17) is 14.6 Å². The van der Waals surface area contributed by atoms with E-state index in [1.54, 1.807) is 0 Å². The van der Waals surface area contributed by atoms with Crippen LogP contribution in [0, 0.1) is 0 Å². The molecular weight excluding hydrogens is 539 g/mol. The van der Waals surface area contributed by atoms with E-state index in [0.29, 0.717) is 0 Å². The maximum atomic E-state index is 13.4. The van der Waals surface area contributed by atoms with Gasteiger partial charge in [-0.25, -0.2) is 4.79 Å². The molecule has 0 aromatic carbocycles. The van der Waals surface area contributed by atoms with E-state index in [0.717, 1.165) is 0 Å². The van der Waals surface area contributed by atoms with Crippen LogP contribution in [0.2, 0.25) is 0 Å². The van der Waals surface area contributed by atoms with Gasteiger partial charge in [-0.05, 0) is 6.42 Å². The highest BCUT2D eigenvalue weighted by atomic mass is 127. The summed E-state index contributed by atoms with van der Waals surface area (Å²) in [6, 6.07) is 0. The lowest BCUT2D eigenvalue weighted by Crippen LogP contribution is -2.60. The monoisotopic (exact) mass is 558 g/mol. The van der Waals surface area contributed by atoms with Crippen molar-refractivity contribution in [1.29, 1.82) is 0 Å². The minimum Gasteiger partial charge on any atom is -0.462 e. The van der Waals surface area contributed by atoms with E-state index in [-0.39, 0.29) is 61.2 Å². The second-order valence-electron chi connectivity index (χ2n) is 5.58. The number of esters is 1. The molecule has 0 aliphatic carbocycles. The summed E-state index contributed by atoms with van der Waals surface area (Å²) in [4.78, 5) is 11.5. The van der Waals surface area contributed by atoms with E-state index < -0.39 is 47.1 Å². The first-order valence-electron chi connectivity index (χ1n) is 7.93. The van der Waals surface area contributed by atoms with Crippen molar-refractivity contribution in [3.63, 3.8) is 0 Å². The summed E-state index contributed by atoms with van der Waals surface area (Å²) in [7, 11) is 0. The van der Waals surface area contributed by atoms with Gasteiger partial charge in [0.05, 0.1) is 45.2 Å². The predicted octanol–water partition coefficient (Wildman–Crippen LogP) is 3.83. The predicted molar refractivity (Wildman–Crippen MR) is 91.9 cm³/mol. The van der Waals surface area contributed by atoms with Gasteiger partial charge in [-0.3, -0.25) is 0 Å². The van der Waals surface area contributed by atoms with E-state index in [2.05, 4.69) is 11.3 Å². The topological polar surface area (TPSA) is 65.0 Å². The molecule has 0 amide bonds. The number of hydrogen-bond donors (Lipinski definition) is 1. The molecule has 0 saturated carbocycles. The lowest BCUT2D eigenvalue weighted by atomic mass is 10.0. The average Bonchev–Trinajstić information content (AvgIpc) is 2.59. The Morgan fingerprint density at radius 2 is 1.45 bits per heavy atom. The van der Waals surface area contributed by atoms with Gasteiger partial charge in [-0.1, -0.05) is 6.58 Å². The van der Waals surface area contributed by atoms with Crippen molar-refractivity contribution >= 4 is 28.6 Å². The van der Waals surface area contributed by atoms with Crippen LogP contribution in [-0.4, -0.2) is 72.4 Å². The number of aliphatic hydroxyl groups is 1. The quantitative estimate of drug-likeness (QED) is 0.0828. The third-order valence-corrected chi connectivity index (χ3v) is 3.93. The zero-order valence-electron chi connectivity index (χ0n) is 14.8. The minimum atomic E-state index is -6.33. The number of alkyl halides is 9. The summed E-state index contributed by atoms with van der Waals surface area (Å²) in [5.41, 5.74) is -0.250. The number of hydrogen-bond acceptors (Lipinski definition) is 5. The van der Waals surface area contributed by atoms with Crippen molar-refractivity contribution in [3.8, 4) is 0 Å². The van der Waals surface area contributed by atoms with Crippen LogP contribution in [0.4, 0.5) is 35.1 Å². The number of aliphatic hydroxyl groups excluding tert-OH is 1. The Labute approximate surface area is 174 Å². The van der Waals surface area contributed by atoms with Gasteiger partial charge in [0.1, 0.15) is 0 Å². The Bertz CT molecular complexity index is 539. The zero-order chi connectivity index (χ0) is 22.9. The Morgan fingerprint density at radius 3 is 1.97 bits per heavy atom. The molecule has 5 nitrogen and oxygen atoms in total. The van der Waals surface area contributed by atoms with Gasteiger partial charge in [-0.15, -0.1) is 0 Å². The Balaban J connectivity index is 4.40. The molecule has 172 valence electrons. The van der Waals surface area contributed by atoms with Crippen LogP contribution in [0.5, 0.6) is 0 Å². The van der Waals surface area contributed by atoms with E-state index in [9.17, 15) is 39.9 Å². The number of halogens is 9. The average molecular weight is 558 g/mol. The highest BCUT2D eigenvalue weighted by Gasteiger charge is 2.79. The fourth-order valence-corrected chi connectivity index (χ4v) is 2.00. The van der Waals surface area contributed by atoms with Gasteiger partial charge in [-0.2, -0.15) is 35.1 Å². The maximum absolute atomic E-state index is 13.4. The molecule has 0 unspecified atom stereocenters. The van der Waals surface area contributed by atoms with Gasteiger partial charge in [0, 0.05) is 29.0 Å². The summed E-state index contributed by atoms with van der Waals surface area (Å²) in [6.45, 7) is 2.11. The second-order valence-corrected chi connectivity index (χ2v) is 6.94.